The van der Waals surface area contributed by atoms with Crippen LogP contribution in [0.2, 0.25) is 0 Å². The van der Waals surface area contributed by atoms with E-state index in [0.29, 0.717) is 31.6 Å². The van der Waals surface area contributed by atoms with Gasteiger partial charge in [0, 0.05) is 12.3 Å². The van der Waals surface area contributed by atoms with Gasteiger partial charge in [0.1, 0.15) is 0 Å². The maximum atomic E-state index is 12.3. The van der Waals surface area contributed by atoms with Crippen LogP contribution in [0.5, 0.6) is 0 Å². The van der Waals surface area contributed by atoms with Gasteiger partial charge in [0.25, 0.3) is 0 Å². The zero-order valence-corrected chi connectivity index (χ0v) is 12.2. The normalized spacial score (nSPS) is 29.0. The van der Waals surface area contributed by atoms with Crippen molar-refractivity contribution in [3.63, 3.8) is 0 Å². The van der Waals surface area contributed by atoms with Gasteiger partial charge < -0.3 is 9.94 Å². The summed E-state index contributed by atoms with van der Waals surface area (Å²) < 4.78 is 5.30. The molecular weight excluding hydrogens is 278 g/mol. The predicted molar refractivity (Wildman–Crippen MR) is 83.0 cm³/mol. The molecule has 1 saturated heterocycles. The van der Waals surface area contributed by atoms with Crippen molar-refractivity contribution in [2.75, 3.05) is 6.61 Å². The van der Waals surface area contributed by atoms with E-state index in [-0.39, 0.29) is 11.9 Å². The minimum atomic E-state index is -0.552. The lowest BCUT2D eigenvalue weighted by Crippen LogP contribution is -2.31. The summed E-state index contributed by atoms with van der Waals surface area (Å²) in [4.78, 5) is 12.3. The summed E-state index contributed by atoms with van der Waals surface area (Å²) in [5, 5.41) is 14.8. The maximum absolute atomic E-state index is 12.3. The van der Waals surface area contributed by atoms with Gasteiger partial charge >= 0.3 is 5.97 Å². The van der Waals surface area contributed by atoms with E-state index in [2.05, 4.69) is 35.5 Å². The van der Waals surface area contributed by atoms with Crippen LogP contribution >= 0.6 is 0 Å². The lowest BCUT2D eigenvalue weighted by atomic mass is 9.75. The number of carbonyl (C=O) groups excluding carboxylic acids is 1. The van der Waals surface area contributed by atoms with E-state index in [1.807, 2.05) is 12.1 Å². The van der Waals surface area contributed by atoms with Gasteiger partial charge in [-0.15, -0.1) is 0 Å². The summed E-state index contributed by atoms with van der Waals surface area (Å²) in [7, 11) is 0. The minimum Gasteiger partial charge on any atom is -0.465 e. The molecule has 1 heterocycles. The van der Waals surface area contributed by atoms with Gasteiger partial charge in [0.05, 0.1) is 17.7 Å². The zero-order chi connectivity index (χ0) is 15.2. The zero-order valence-electron chi connectivity index (χ0n) is 12.2. The topological polar surface area (TPSA) is 58.9 Å². The Hall–Kier alpha value is -2.36. The fourth-order valence-electron chi connectivity index (χ4n) is 3.91. The molecule has 4 nitrogen and oxygen atoms in total. The van der Waals surface area contributed by atoms with E-state index in [1.165, 1.54) is 10.8 Å². The van der Waals surface area contributed by atoms with Crippen molar-refractivity contribution in [1.82, 2.24) is 0 Å². The van der Waals surface area contributed by atoms with Crippen LogP contribution < -0.4 is 0 Å². The molecule has 0 amide bonds. The maximum Gasteiger partial charge on any atom is 0.313 e. The van der Waals surface area contributed by atoms with Gasteiger partial charge in [-0.05, 0) is 29.2 Å². The van der Waals surface area contributed by atoms with Crippen LogP contribution in [0.25, 0.3) is 10.8 Å². The van der Waals surface area contributed by atoms with Crippen molar-refractivity contribution in [2.24, 2.45) is 16.5 Å². The Kier molecular flexibility index (Phi) is 2.93. The third-order valence-electron chi connectivity index (χ3n) is 5.08. The summed E-state index contributed by atoms with van der Waals surface area (Å²) in [5.74, 6) is -0.0262. The van der Waals surface area contributed by atoms with E-state index >= 15 is 0 Å². The number of esters is 1. The van der Waals surface area contributed by atoms with Gasteiger partial charge in [0.15, 0.2) is 0 Å². The highest BCUT2D eigenvalue weighted by Crippen LogP contribution is 2.49. The van der Waals surface area contributed by atoms with Crippen molar-refractivity contribution >= 4 is 22.5 Å². The molecule has 2 aromatic rings. The van der Waals surface area contributed by atoms with Crippen molar-refractivity contribution in [3.05, 3.63) is 48.0 Å². The number of benzene rings is 2. The Bertz CT molecular complexity index is 783. The third-order valence-corrected chi connectivity index (χ3v) is 5.08. The summed E-state index contributed by atoms with van der Waals surface area (Å²) >= 11 is 0. The number of cyclic esters (lactones) is 1. The lowest BCUT2D eigenvalue weighted by molar-refractivity contribution is -0.146. The number of hydrogen-bond acceptors (Lipinski definition) is 4. The Morgan fingerprint density at radius 2 is 2.05 bits per heavy atom. The van der Waals surface area contributed by atoms with Crippen molar-refractivity contribution < 1.29 is 14.7 Å². The summed E-state index contributed by atoms with van der Waals surface area (Å²) in [5.41, 5.74) is 1.29. The first kappa shape index (κ1) is 13.3. The van der Waals surface area contributed by atoms with Gasteiger partial charge in [-0.2, -0.15) is 0 Å². The summed E-state index contributed by atoms with van der Waals surface area (Å²) in [6.45, 7) is 0.436. The van der Waals surface area contributed by atoms with Crippen molar-refractivity contribution in [1.29, 1.82) is 0 Å². The van der Waals surface area contributed by atoms with Crippen LogP contribution in [-0.4, -0.2) is 23.5 Å². The number of hydrogen-bond donors (Lipinski definition) is 1. The average molecular weight is 295 g/mol. The van der Waals surface area contributed by atoms with Gasteiger partial charge in [0.2, 0.25) is 0 Å². The Morgan fingerprint density at radius 1 is 1.23 bits per heavy atom. The average Bonchev–Trinajstić information content (AvgIpc) is 3.04. The molecule has 4 heteroatoms. The van der Waals surface area contributed by atoms with Crippen LogP contribution in [0.15, 0.2) is 47.6 Å². The molecule has 2 unspecified atom stereocenters. The first-order valence-electron chi connectivity index (χ1n) is 7.56. The van der Waals surface area contributed by atoms with Gasteiger partial charge in [-0.1, -0.05) is 47.6 Å². The molecule has 0 radical (unpaired) electrons. The number of oxime groups is 1. The van der Waals surface area contributed by atoms with E-state index in [0.717, 1.165) is 5.56 Å². The molecule has 1 N–H and O–H groups in total. The number of fused-ring (bicyclic) bond motifs is 2. The van der Waals surface area contributed by atoms with Crippen LogP contribution in [0, 0.1) is 11.3 Å². The molecule has 4 rings (SSSR count). The second-order valence-electron chi connectivity index (χ2n) is 6.36. The molecule has 2 atom stereocenters. The molecule has 1 aliphatic carbocycles. The molecule has 2 aromatic carbocycles. The molecule has 0 aromatic heterocycles. The Balaban J connectivity index is 1.72. The molecule has 112 valence electrons. The van der Waals surface area contributed by atoms with Crippen LogP contribution in [-0.2, 0) is 16.0 Å². The molecule has 1 saturated carbocycles. The van der Waals surface area contributed by atoms with Crippen molar-refractivity contribution in [2.45, 2.75) is 19.3 Å². The molecule has 1 aliphatic heterocycles. The number of carbonyl (C=O) groups is 1. The van der Waals surface area contributed by atoms with E-state index in [4.69, 9.17) is 9.94 Å². The van der Waals surface area contributed by atoms with Crippen molar-refractivity contribution in [3.8, 4) is 0 Å². The largest absolute Gasteiger partial charge is 0.465 e. The van der Waals surface area contributed by atoms with Gasteiger partial charge in [-0.25, -0.2) is 0 Å². The van der Waals surface area contributed by atoms with E-state index in [9.17, 15) is 4.79 Å². The standard InChI is InChI=1S/C18H17NO3/c20-17-18(10-16(19-21)8-15(18)11-22-17)9-12-5-6-13-3-1-2-4-14(13)7-12/h1-7,15,21H,8-11H2/b19-16+. The predicted octanol–water partition coefficient (Wildman–Crippen LogP) is 3.17. The molecule has 22 heavy (non-hydrogen) atoms. The molecule has 2 aliphatic rings. The quantitative estimate of drug-likeness (QED) is 0.526. The molecule has 0 bridgehead atoms. The smallest absolute Gasteiger partial charge is 0.313 e. The summed E-state index contributed by atoms with van der Waals surface area (Å²) in [6.07, 6.45) is 1.79. The minimum absolute atomic E-state index is 0.123. The first-order valence-corrected chi connectivity index (χ1v) is 7.56. The molecular formula is C18H17NO3. The van der Waals surface area contributed by atoms with Crippen LogP contribution in [0.1, 0.15) is 18.4 Å². The highest BCUT2D eigenvalue weighted by Gasteiger charge is 2.57. The second kappa shape index (κ2) is 4.83. The Labute approximate surface area is 128 Å². The van der Waals surface area contributed by atoms with Crippen LogP contribution in [0.4, 0.5) is 0 Å². The fourth-order valence-corrected chi connectivity index (χ4v) is 3.91. The second-order valence-corrected chi connectivity index (χ2v) is 6.36. The number of ether oxygens (including phenoxy) is 1. The number of nitrogens with zero attached hydrogens (tertiary/aromatic N) is 1. The number of rotatable bonds is 2. The molecule has 2 fully saturated rings. The summed E-state index contributed by atoms with van der Waals surface area (Å²) in [6, 6.07) is 14.5. The Morgan fingerprint density at radius 3 is 2.86 bits per heavy atom. The van der Waals surface area contributed by atoms with E-state index in [1.54, 1.807) is 0 Å². The third kappa shape index (κ3) is 1.90. The van der Waals surface area contributed by atoms with E-state index < -0.39 is 5.41 Å². The highest BCUT2D eigenvalue weighted by molar-refractivity contribution is 5.96. The monoisotopic (exact) mass is 295 g/mol. The highest BCUT2D eigenvalue weighted by atomic mass is 16.5. The lowest BCUT2D eigenvalue weighted by Gasteiger charge is -2.23. The molecule has 0 spiro atoms. The van der Waals surface area contributed by atoms with Crippen LogP contribution in [0.3, 0.4) is 0 Å². The first-order chi connectivity index (χ1) is 10.7. The fraction of sp³-hybridized carbons (Fsp3) is 0.333. The van der Waals surface area contributed by atoms with Gasteiger partial charge in [-0.3, -0.25) is 4.79 Å². The SMILES string of the molecule is O=C1OCC2C/C(=N\O)CC12Cc1ccc2ccccc2c1.